The third-order valence-corrected chi connectivity index (χ3v) is 4.19. The van der Waals surface area contributed by atoms with Gasteiger partial charge in [-0.2, -0.15) is 0 Å². The van der Waals surface area contributed by atoms with Gasteiger partial charge < -0.3 is 10.1 Å². The van der Waals surface area contributed by atoms with Crippen LogP contribution in [0.5, 0.6) is 0 Å². The maximum Gasteiger partial charge on any atom is 0.408 e. The highest BCUT2D eigenvalue weighted by molar-refractivity contribution is 5.73. The van der Waals surface area contributed by atoms with E-state index in [2.05, 4.69) is 5.32 Å². The van der Waals surface area contributed by atoms with Gasteiger partial charge in [-0.3, -0.25) is 4.79 Å². The summed E-state index contributed by atoms with van der Waals surface area (Å²) in [4.78, 5) is 23.0. The van der Waals surface area contributed by atoms with Crippen molar-refractivity contribution < 1.29 is 14.3 Å². The normalized spacial score (nSPS) is 10.8. The lowest BCUT2D eigenvalue weighted by molar-refractivity contribution is -0.110. The molecular formula is C22H19NO3. The van der Waals surface area contributed by atoms with Crippen molar-refractivity contribution in [3.8, 4) is 0 Å². The molecule has 26 heavy (non-hydrogen) atoms. The molecular weight excluding hydrogens is 326 g/mol. The summed E-state index contributed by atoms with van der Waals surface area (Å²) in [7, 11) is 0. The largest absolute Gasteiger partial charge is 0.442 e. The van der Waals surface area contributed by atoms with Gasteiger partial charge in [0.2, 0.25) is 0 Å². The number of carbonyl (C=O) groups excluding carboxylic acids is 2. The maximum absolute atomic E-state index is 12.4. The minimum Gasteiger partial charge on any atom is -0.442 e. The van der Waals surface area contributed by atoms with Crippen LogP contribution in [0.4, 0.5) is 4.79 Å². The van der Waals surface area contributed by atoms with E-state index in [0.717, 1.165) is 16.7 Å². The van der Waals surface area contributed by atoms with Gasteiger partial charge in [-0.15, -0.1) is 0 Å². The van der Waals surface area contributed by atoms with E-state index >= 15 is 0 Å². The predicted molar refractivity (Wildman–Crippen MR) is 99.8 cm³/mol. The van der Waals surface area contributed by atoms with Crippen molar-refractivity contribution in [2.45, 2.75) is 5.54 Å². The van der Waals surface area contributed by atoms with Gasteiger partial charge >= 0.3 is 6.09 Å². The molecule has 0 aliphatic heterocycles. The highest BCUT2D eigenvalue weighted by Crippen LogP contribution is 2.36. The summed E-state index contributed by atoms with van der Waals surface area (Å²) in [5.74, 6) is 0. The van der Waals surface area contributed by atoms with Gasteiger partial charge in [0.15, 0.2) is 6.29 Å². The van der Waals surface area contributed by atoms with Gasteiger partial charge in [0.25, 0.3) is 0 Å². The Morgan fingerprint density at radius 1 is 0.769 bits per heavy atom. The number of amides is 1. The average Bonchev–Trinajstić information content (AvgIpc) is 2.72. The SMILES string of the molecule is O=CCOC(=O)NC(c1ccccc1)(c1ccccc1)c1ccccc1. The van der Waals surface area contributed by atoms with Crippen LogP contribution in [-0.2, 0) is 15.1 Å². The van der Waals surface area contributed by atoms with Crippen molar-refractivity contribution in [1.82, 2.24) is 5.32 Å². The molecule has 0 heterocycles. The standard InChI is InChI=1S/C22H19NO3/c24-16-17-26-21(25)23-22(18-10-4-1-5-11-18,19-12-6-2-7-13-19)20-14-8-3-9-15-20/h1-16H,17H2,(H,23,25). The van der Waals surface area contributed by atoms with Crippen molar-refractivity contribution in [3.63, 3.8) is 0 Å². The molecule has 0 saturated carbocycles. The lowest BCUT2D eigenvalue weighted by Gasteiger charge is -2.36. The molecule has 3 aromatic rings. The number of hydrogen-bond acceptors (Lipinski definition) is 3. The molecule has 1 amide bonds. The minimum atomic E-state index is -0.941. The van der Waals surface area contributed by atoms with Gasteiger partial charge in [0, 0.05) is 0 Å². The Morgan fingerprint density at radius 2 is 1.15 bits per heavy atom. The number of nitrogens with one attached hydrogen (secondary N) is 1. The van der Waals surface area contributed by atoms with E-state index in [1.165, 1.54) is 0 Å². The highest BCUT2D eigenvalue weighted by atomic mass is 16.5. The smallest absolute Gasteiger partial charge is 0.408 e. The maximum atomic E-state index is 12.4. The summed E-state index contributed by atoms with van der Waals surface area (Å²) in [6.45, 7) is -0.291. The molecule has 0 radical (unpaired) electrons. The Morgan fingerprint density at radius 3 is 1.50 bits per heavy atom. The van der Waals surface area contributed by atoms with Crippen LogP contribution in [0.2, 0.25) is 0 Å². The first-order valence-corrected chi connectivity index (χ1v) is 8.32. The second-order valence-corrected chi connectivity index (χ2v) is 5.74. The quantitative estimate of drug-likeness (QED) is 0.544. The minimum absolute atomic E-state index is 0.291. The number of ether oxygens (including phenoxy) is 1. The van der Waals surface area contributed by atoms with Crippen molar-refractivity contribution in [2.24, 2.45) is 0 Å². The molecule has 0 fully saturated rings. The van der Waals surface area contributed by atoms with E-state index in [1.807, 2.05) is 91.0 Å². The van der Waals surface area contributed by atoms with E-state index in [9.17, 15) is 9.59 Å². The van der Waals surface area contributed by atoms with Crippen LogP contribution in [-0.4, -0.2) is 19.0 Å². The van der Waals surface area contributed by atoms with E-state index in [0.29, 0.717) is 6.29 Å². The summed E-state index contributed by atoms with van der Waals surface area (Å²) < 4.78 is 4.99. The van der Waals surface area contributed by atoms with Crippen molar-refractivity contribution >= 4 is 12.4 Å². The first-order chi connectivity index (χ1) is 12.8. The topological polar surface area (TPSA) is 55.4 Å². The molecule has 0 aliphatic carbocycles. The fourth-order valence-electron chi connectivity index (χ4n) is 3.08. The molecule has 1 N–H and O–H groups in total. The van der Waals surface area contributed by atoms with E-state index in [1.54, 1.807) is 0 Å². The fraction of sp³-hybridized carbons (Fsp3) is 0.0909. The van der Waals surface area contributed by atoms with Crippen LogP contribution in [0.1, 0.15) is 16.7 Å². The van der Waals surface area contributed by atoms with Crippen molar-refractivity contribution in [1.29, 1.82) is 0 Å². The van der Waals surface area contributed by atoms with Crippen molar-refractivity contribution in [3.05, 3.63) is 108 Å². The highest BCUT2D eigenvalue weighted by Gasteiger charge is 2.38. The Labute approximate surface area is 152 Å². The number of carbonyl (C=O) groups is 2. The molecule has 3 rings (SSSR count). The third kappa shape index (κ3) is 3.49. The zero-order chi connectivity index (χ0) is 18.2. The molecule has 0 spiro atoms. The van der Waals surface area contributed by atoms with Crippen LogP contribution in [0.15, 0.2) is 91.0 Å². The second kappa shape index (κ2) is 8.12. The number of alkyl carbamates (subject to hydrolysis) is 1. The lowest BCUT2D eigenvalue weighted by Crippen LogP contribution is -2.48. The van der Waals surface area contributed by atoms with Crippen LogP contribution in [0.3, 0.4) is 0 Å². The van der Waals surface area contributed by atoms with Crippen LogP contribution in [0.25, 0.3) is 0 Å². The second-order valence-electron chi connectivity index (χ2n) is 5.74. The zero-order valence-corrected chi connectivity index (χ0v) is 14.2. The van der Waals surface area contributed by atoms with Gasteiger partial charge in [-0.05, 0) is 16.7 Å². The Hall–Kier alpha value is -3.40. The molecule has 0 aliphatic rings. The summed E-state index contributed by atoms with van der Waals surface area (Å²) >= 11 is 0. The van der Waals surface area contributed by atoms with Crippen LogP contribution in [0, 0.1) is 0 Å². The summed E-state index contributed by atoms with van der Waals surface area (Å²) in [6.07, 6.45) is -0.108. The lowest BCUT2D eigenvalue weighted by atomic mass is 9.77. The molecule has 0 aromatic heterocycles. The molecule has 3 aromatic carbocycles. The molecule has 0 unspecified atom stereocenters. The fourth-order valence-corrected chi connectivity index (χ4v) is 3.08. The number of hydrogen-bond donors (Lipinski definition) is 1. The van der Waals surface area contributed by atoms with Crippen LogP contribution < -0.4 is 5.32 Å². The Kier molecular flexibility index (Phi) is 5.44. The molecule has 130 valence electrons. The molecule has 4 nitrogen and oxygen atoms in total. The Balaban J connectivity index is 2.21. The van der Waals surface area contributed by atoms with Gasteiger partial charge in [0.1, 0.15) is 12.1 Å². The monoisotopic (exact) mass is 345 g/mol. The molecule has 0 atom stereocenters. The van der Waals surface area contributed by atoms with Gasteiger partial charge in [0.05, 0.1) is 0 Å². The van der Waals surface area contributed by atoms with Crippen LogP contribution >= 0.6 is 0 Å². The molecule has 4 heteroatoms. The predicted octanol–water partition coefficient (Wildman–Crippen LogP) is 3.90. The number of aldehydes is 1. The van der Waals surface area contributed by atoms with E-state index in [4.69, 9.17) is 4.74 Å². The Bertz CT molecular complexity index is 752. The summed E-state index contributed by atoms with van der Waals surface area (Å²) in [5.41, 5.74) is 1.73. The molecule has 0 bridgehead atoms. The third-order valence-electron chi connectivity index (χ3n) is 4.19. The van der Waals surface area contributed by atoms with Gasteiger partial charge in [-0.1, -0.05) is 91.0 Å². The van der Waals surface area contributed by atoms with E-state index < -0.39 is 11.6 Å². The number of benzene rings is 3. The first kappa shape index (κ1) is 17.4. The molecule has 0 saturated heterocycles. The summed E-state index contributed by atoms with van der Waals surface area (Å²) in [5, 5.41) is 2.99. The first-order valence-electron chi connectivity index (χ1n) is 8.32. The number of rotatable bonds is 6. The summed E-state index contributed by atoms with van der Waals surface area (Å²) in [6, 6.07) is 29.1. The average molecular weight is 345 g/mol. The van der Waals surface area contributed by atoms with E-state index in [-0.39, 0.29) is 6.61 Å². The van der Waals surface area contributed by atoms with Gasteiger partial charge in [-0.25, -0.2) is 4.79 Å². The van der Waals surface area contributed by atoms with Crippen molar-refractivity contribution in [2.75, 3.05) is 6.61 Å². The zero-order valence-electron chi connectivity index (χ0n) is 14.2.